The summed E-state index contributed by atoms with van der Waals surface area (Å²) in [6, 6.07) is 3.30. The molecular weight excluding hydrogens is 379 g/mol. The highest BCUT2D eigenvalue weighted by Crippen LogP contribution is 2.33. The van der Waals surface area contributed by atoms with Crippen LogP contribution in [0.25, 0.3) is 0 Å². The summed E-state index contributed by atoms with van der Waals surface area (Å²) in [6.45, 7) is 0.337. The lowest BCUT2D eigenvalue weighted by Crippen LogP contribution is -2.44. The lowest BCUT2D eigenvalue weighted by atomic mass is 9.85. The maximum atomic E-state index is 12.8. The van der Waals surface area contributed by atoms with E-state index in [-0.39, 0.29) is 29.3 Å². The number of sulfonamides is 1. The molecule has 1 aromatic rings. The Labute approximate surface area is 150 Å². The van der Waals surface area contributed by atoms with Crippen LogP contribution in [0.5, 0.6) is 0 Å². The van der Waals surface area contributed by atoms with Crippen molar-refractivity contribution in [2.24, 2.45) is 11.7 Å². The second-order valence-electron chi connectivity index (χ2n) is 5.82. The summed E-state index contributed by atoms with van der Waals surface area (Å²) in [4.78, 5) is -0.353. The first-order valence-corrected chi connectivity index (χ1v) is 9.01. The minimum atomic E-state index is -4.71. The average Bonchev–Trinajstić information content (AvgIpc) is 2.53. The Hall–Kier alpha value is -1.34. The molecule has 2 rings (SSSR count). The first kappa shape index (κ1) is 21.7. The molecule has 2 unspecified atom stereocenters. The van der Waals surface area contributed by atoms with Crippen LogP contribution in [0.1, 0.15) is 36.8 Å². The van der Waals surface area contributed by atoms with Gasteiger partial charge >= 0.3 is 6.18 Å². The third kappa shape index (κ3) is 5.07. The van der Waals surface area contributed by atoms with Gasteiger partial charge in [0.1, 0.15) is 0 Å². The molecule has 0 aromatic heterocycles. The summed E-state index contributed by atoms with van der Waals surface area (Å²) in [7, 11) is -4.02. The van der Waals surface area contributed by atoms with Crippen LogP contribution in [0.15, 0.2) is 23.1 Å². The molecule has 1 saturated carbocycles. The number of benzene rings is 1. The first-order valence-electron chi connectivity index (χ1n) is 7.53. The fourth-order valence-electron chi connectivity index (χ4n) is 2.94. The molecular formula is C15H19ClF3N3O2S. The Morgan fingerprint density at radius 3 is 2.48 bits per heavy atom. The van der Waals surface area contributed by atoms with Crippen LogP contribution in [0, 0.1) is 17.2 Å². The summed E-state index contributed by atoms with van der Waals surface area (Å²) in [5, 5.41) is 8.89. The van der Waals surface area contributed by atoms with Crippen molar-refractivity contribution in [1.82, 2.24) is 4.72 Å². The molecule has 10 heteroatoms. The molecule has 1 aromatic carbocycles. The standard InChI is InChI=1S/C15H18F3N3O2S.ClH/c16-15(17,18)13-6-5-12(7-11(13)9-20)24(22,23)21-14-4-2-1-3-10(14)8-19;/h5-7,10,14,21H,1-4,8,19H2;1H. The van der Waals surface area contributed by atoms with Crippen LogP contribution >= 0.6 is 12.4 Å². The van der Waals surface area contributed by atoms with E-state index in [1.165, 1.54) is 6.07 Å². The Morgan fingerprint density at radius 1 is 1.28 bits per heavy atom. The third-order valence-electron chi connectivity index (χ3n) is 4.25. The highest BCUT2D eigenvalue weighted by molar-refractivity contribution is 7.89. The predicted octanol–water partition coefficient (Wildman–Crippen LogP) is 2.79. The second-order valence-corrected chi connectivity index (χ2v) is 7.54. The molecule has 0 saturated heterocycles. The maximum absolute atomic E-state index is 12.8. The Bertz CT molecular complexity index is 747. The first-order chi connectivity index (χ1) is 11.2. The summed E-state index contributed by atoms with van der Waals surface area (Å²) in [6.07, 6.45) is -1.44. The van der Waals surface area contributed by atoms with Gasteiger partial charge in [-0.15, -0.1) is 12.4 Å². The van der Waals surface area contributed by atoms with Crippen LogP contribution < -0.4 is 10.5 Å². The van der Waals surface area contributed by atoms with Gasteiger partial charge in [0.2, 0.25) is 10.0 Å². The van der Waals surface area contributed by atoms with Gasteiger partial charge in [-0.3, -0.25) is 0 Å². The Morgan fingerprint density at radius 2 is 1.92 bits per heavy atom. The van der Waals surface area contributed by atoms with Gasteiger partial charge in [-0.25, -0.2) is 13.1 Å². The smallest absolute Gasteiger partial charge is 0.330 e. The van der Waals surface area contributed by atoms with Gasteiger partial charge in [-0.2, -0.15) is 18.4 Å². The van der Waals surface area contributed by atoms with E-state index in [1.807, 2.05) is 0 Å². The van der Waals surface area contributed by atoms with E-state index in [1.54, 1.807) is 0 Å². The van der Waals surface area contributed by atoms with Crippen LogP contribution in [0.2, 0.25) is 0 Å². The van der Waals surface area contributed by atoms with E-state index in [0.29, 0.717) is 19.0 Å². The highest BCUT2D eigenvalue weighted by atomic mass is 35.5. The minimum absolute atomic E-state index is 0. The number of nitrogens with one attached hydrogen (secondary N) is 1. The van der Waals surface area contributed by atoms with Crippen molar-refractivity contribution in [2.75, 3.05) is 6.54 Å². The van der Waals surface area contributed by atoms with Gasteiger partial charge in [0, 0.05) is 6.04 Å². The van der Waals surface area contributed by atoms with Gasteiger partial charge in [0.25, 0.3) is 0 Å². The Balaban J connectivity index is 0.00000312. The van der Waals surface area contributed by atoms with Gasteiger partial charge in [-0.05, 0) is 43.5 Å². The molecule has 140 valence electrons. The van der Waals surface area contributed by atoms with Gasteiger partial charge in [0.05, 0.1) is 22.1 Å². The summed E-state index contributed by atoms with van der Waals surface area (Å²) >= 11 is 0. The van der Waals surface area contributed by atoms with Crippen molar-refractivity contribution in [1.29, 1.82) is 5.26 Å². The number of halogens is 4. The lowest BCUT2D eigenvalue weighted by Gasteiger charge is -2.31. The van der Waals surface area contributed by atoms with Crippen LogP contribution in [-0.4, -0.2) is 21.0 Å². The quantitative estimate of drug-likeness (QED) is 0.816. The van der Waals surface area contributed by atoms with Crippen LogP contribution in [-0.2, 0) is 16.2 Å². The number of nitrogens with two attached hydrogens (primary N) is 1. The number of rotatable bonds is 4. The van der Waals surface area contributed by atoms with E-state index in [2.05, 4.69) is 4.72 Å². The fraction of sp³-hybridized carbons (Fsp3) is 0.533. The van der Waals surface area contributed by atoms with E-state index < -0.39 is 27.3 Å². The number of hydrogen-bond acceptors (Lipinski definition) is 4. The Kier molecular flexibility index (Phi) is 7.26. The maximum Gasteiger partial charge on any atom is 0.417 e. The normalized spacial score (nSPS) is 21.2. The monoisotopic (exact) mass is 397 g/mol. The fourth-order valence-corrected chi connectivity index (χ4v) is 4.31. The van der Waals surface area contributed by atoms with Crippen LogP contribution in [0.3, 0.4) is 0 Å². The molecule has 0 heterocycles. The molecule has 1 aliphatic rings. The number of hydrogen-bond donors (Lipinski definition) is 2. The molecule has 2 atom stereocenters. The predicted molar refractivity (Wildman–Crippen MR) is 88.5 cm³/mol. The molecule has 0 bridgehead atoms. The molecule has 0 radical (unpaired) electrons. The summed E-state index contributed by atoms with van der Waals surface area (Å²) < 4.78 is 65.8. The lowest BCUT2D eigenvalue weighted by molar-refractivity contribution is -0.137. The molecule has 0 amide bonds. The van der Waals surface area contributed by atoms with Crippen molar-refractivity contribution in [3.63, 3.8) is 0 Å². The summed E-state index contributed by atoms with van der Waals surface area (Å²) in [5.41, 5.74) is 3.79. The second kappa shape index (κ2) is 8.36. The molecule has 0 spiro atoms. The van der Waals surface area contributed by atoms with Gasteiger partial charge in [0.15, 0.2) is 0 Å². The molecule has 0 aliphatic heterocycles. The third-order valence-corrected chi connectivity index (χ3v) is 5.73. The zero-order chi connectivity index (χ0) is 18.0. The summed E-state index contributed by atoms with van der Waals surface area (Å²) in [5.74, 6) is -0.00147. The number of nitrogens with zero attached hydrogens (tertiary/aromatic N) is 1. The SMILES string of the molecule is Cl.N#Cc1cc(S(=O)(=O)NC2CCCCC2CN)ccc1C(F)(F)F. The largest absolute Gasteiger partial charge is 0.417 e. The van der Waals surface area contributed by atoms with Gasteiger partial charge in [-0.1, -0.05) is 12.8 Å². The minimum Gasteiger partial charge on any atom is -0.330 e. The van der Waals surface area contributed by atoms with E-state index in [9.17, 15) is 21.6 Å². The van der Waals surface area contributed by atoms with Crippen LogP contribution in [0.4, 0.5) is 13.2 Å². The molecule has 25 heavy (non-hydrogen) atoms. The zero-order valence-corrected chi connectivity index (χ0v) is 14.8. The number of nitriles is 1. The molecule has 1 aliphatic carbocycles. The van der Waals surface area contributed by atoms with Gasteiger partial charge < -0.3 is 5.73 Å². The molecule has 3 N–H and O–H groups in total. The molecule has 5 nitrogen and oxygen atoms in total. The highest BCUT2D eigenvalue weighted by Gasteiger charge is 2.35. The van der Waals surface area contributed by atoms with Crippen molar-refractivity contribution in [3.05, 3.63) is 29.3 Å². The van der Waals surface area contributed by atoms with Crippen molar-refractivity contribution in [3.8, 4) is 6.07 Å². The number of alkyl halides is 3. The zero-order valence-electron chi connectivity index (χ0n) is 13.2. The topological polar surface area (TPSA) is 96.0 Å². The van der Waals surface area contributed by atoms with Crippen molar-refractivity contribution >= 4 is 22.4 Å². The van der Waals surface area contributed by atoms with E-state index >= 15 is 0 Å². The molecule has 1 fully saturated rings. The van der Waals surface area contributed by atoms with E-state index in [4.69, 9.17) is 11.0 Å². The average molecular weight is 398 g/mol. The van der Waals surface area contributed by atoms with E-state index in [0.717, 1.165) is 31.4 Å². The van der Waals surface area contributed by atoms with Crippen molar-refractivity contribution in [2.45, 2.75) is 42.8 Å². The van der Waals surface area contributed by atoms with Crippen molar-refractivity contribution < 1.29 is 21.6 Å².